The lowest BCUT2D eigenvalue weighted by molar-refractivity contribution is 0.180. The Kier molecular flexibility index (Phi) is 3.91. The highest BCUT2D eigenvalue weighted by atomic mass is 16.6. The van der Waals surface area contributed by atoms with Crippen molar-refractivity contribution in [2.75, 3.05) is 0 Å². The Morgan fingerprint density at radius 1 is 1.36 bits per heavy atom. The number of aryl methyl sites for hydroxylation is 1. The topological polar surface area (TPSA) is 83.8 Å². The molecule has 0 saturated carbocycles. The molecule has 5 nitrogen and oxygen atoms in total. The van der Waals surface area contributed by atoms with Crippen LogP contribution in [0, 0.1) is 0 Å². The van der Waals surface area contributed by atoms with Gasteiger partial charge in [-0.05, 0) is 19.8 Å². The second kappa shape index (κ2) is 4.97. The SMILES string of the molecule is CC(O)CCCc1oc(=O)oc1CO. The van der Waals surface area contributed by atoms with Gasteiger partial charge in [0, 0.05) is 6.42 Å². The van der Waals surface area contributed by atoms with E-state index in [1.54, 1.807) is 6.92 Å². The van der Waals surface area contributed by atoms with Crippen LogP contribution >= 0.6 is 0 Å². The molecule has 0 spiro atoms. The van der Waals surface area contributed by atoms with E-state index in [0.29, 0.717) is 25.0 Å². The van der Waals surface area contributed by atoms with Gasteiger partial charge >= 0.3 is 5.82 Å². The average Bonchev–Trinajstić information content (AvgIpc) is 2.45. The van der Waals surface area contributed by atoms with Crippen LogP contribution in [-0.4, -0.2) is 16.3 Å². The van der Waals surface area contributed by atoms with E-state index in [2.05, 4.69) is 4.42 Å². The summed E-state index contributed by atoms with van der Waals surface area (Å²) in [6.45, 7) is 1.36. The molecule has 0 aromatic carbocycles. The lowest BCUT2D eigenvalue weighted by Gasteiger charge is -2.01. The molecule has 1 heterocycles. The number of aliphatic hydroxyl groups is 2. The van der Waals surface area contributed by atoms with Crippen molar-refractivity contribution in [2.45, 2.75) is 38.9 Å². The average molecular weight is 202 g/mol. The molecule has 0 amide bonds. The first-order valence-corrected chi connectivity index (χ1v) is 4.54. The summed E-state index contributed by atoms with van der Waals surface area (Å²) < 4.78 is 9.31. The van der Waals surface area contributed by atoms with Gasteiger partial charge < -0.3 is 19.0 Å². The van der Waals surface area contributed by atoms with Crippen molar-refractivity contribution in [2.24, 2.45) is 0 Å². The Hall–Kier alpha value is -1.07. The van der Waals surface area contributed by atoms with E-state index >= 15 is 0 Å². The van der Waals surface area contributed by atoms with Crippen molar-refractivity contribution in [3.8, 4) is 0 Å². The number of hydrogen-bond acceptors (Lipinski definition) is 5. The number of hydrogen-bond donors (Lipinski definition) is 2. The molecular weight excluding hydrogens is 188 g/mol. The Balaban J connectivity index is 2.53. The molecule has 0 radical (unpaired) electrons. The first kappa shape index (κ1) is 11.0. The monoisotopic (exact) mass is 202 g/mol. The Morgan fingerprint density at radius 3 is 2.57 bits per heavy atom. The van der Waals surface area contributed by atoms with Gasteiger partial charge in [0.15, 0.2) is 11.5 Å². The van der Waals surface area contributed by atoms with Gasteiger partial charge in [-0.2, -0.15) is 0 Å². The maximum absolute atomic E-state index is 10.7. The van der Waals surface area contributed by atoms with E-state index in [1.165, 1.54) is 0 Å². The van der Waals surface area contributed by atoms with Crippen LogP contribution < -0.4 is 5.82 Å². The zero-order valence-corrected chi connectivity index (χ0v) is 8.02. The molecule has 0 saturated heterocycles. The maximum atomic E-state index is 10.7. The van der Waals surface area contributed by atoms with Crippen LogP contribution in [0.5, 0.6) is 0 Å². The van der Waals surface area contributed by atoms with Gasteiger partial charge in [-0.25, -0.2) is 4.79 Å². The molecule has 14 heavy (non-hydrogen) atoms. The summed E-state index contributed by atoms with van der Waals surface area (Å²) in [7, 11) is 0. The second-order valence-corrected chi connectivity index (χ2v) is 3.20. The van der Waals surface area contributed by atoms with Gasteiger partial charge in [0.2, 0.25) is 0 Å². The van der Waals surface area contributed by atoms with Gasteiger partial charge in [-0.1, -0.05) is 0 Å². The molecule has 0 fully saturated rings. The van der Waals surface area contributed by atoms with Gasteiger partial charge in [-0.3, -0.25) is 0 Å². The fourth-order valence-electron chi connectivity index (χ4n) is 1.20. The molecule has 1 aromatic rings. The lowest BCUT2D eigenvalue weighted by Crippen LogP contribution is -2.00. The predicted octanol–water partition coefficient (Wildman–Crippen LogP) is 0.429. The molecule has 1 unspecified atom stereocenters. The molecule has 2 N–H and O–H groups in total. The van der Waals surface area contributed by atoms with Crippen molar-refractivity contribution < 1.29 is 19.0 Å². The van der Waals surface area contributed by atoms with Crippen LogP contribution in [0.1, 0.15) is 31.3 Å². The van der Waals surface area contributed by atoms with Crippen molar-refractivity contribution in [3.05, 3.63) is 22.1 Å². The zero-order valence-electron chi connectivity index (χ0n) is 8.02. The van der Waals surface area contributed by atoms with E-state index in [-0.39, 0.29) is 18.5 Å². The highest BCUT2D eigenvalue weighted by Crippen LogP contribution is 2.11. The first-order valence-electron chi connectivity index (χ1n) is 4.54. The maximum Gasteiger partial charge on any atom is 0.519 e. The van der Waals surface area contributed by atoms with E-state index in [4.69, 9.17) is 14.6 Å². The highest BCUT2D eigenvalue weighted by Gasteiger charge is 2.11. The molecule has 1 rings (SSSR count). The minimum absolute atomic E-state index is 0.181. The van der Waals surface area contributed by atoms with Crippen molar-refractivity contribution in [1.29, 1.82) is 0 Å². The molecule has 5 heteroatoms. The van der Waals surface area contributed by atoms with E-state index in [0.717, 1.165) is 0 Å². The summed E-state index contributed by atoms with van der Waals surface area (Å²) in [6.07, 6.45) is 1.44. The van der Waals surface area contributed by atoms with Crippen LogP contribution in [0.2, 0.25) is 0 Å². The number of aliphatic hydroxyl groups excluding tert-OH is 2. The number of rotatable bonds is 5. The van der Waals surface area contributed by atoms with Crippen LogP contribution in [-0.2, 0) is 13.0 Å². The smallest absolute Gasteiger partial charge is 0.396 e. The summed E-state index contributed by atoms with van der Waals surface area (Å²) in [5.74, 6) is -0.236. The quantitative estimate of drug-likeness (QED) is 0.723. The summed E-state index contributed by atoms with van der Waals surface area (Å²) in [5.41, 5.74) is 0. The molecule has 0 bridgehead atoms. The summed E-state index contributed by atoms with van der Waals surface area (Å²) in [6, 6.07) is 0. The van der Waals surface area contributed by atoms with Gasteiger partial charge in [0.1, 0.15) is 6.61 Å². The second-order valence-electron chi connectivity index (χ2n) is 3.20. The Labute approximate surface area is 81.0 Å². The van der Waals surface area contributed by atoms with Crippen LogP contribution in [0.25, 0.3) is 0 Å². The fraction of sp³-hybridized carbons (Fsp3) is 0.667. The predicted molar refractivity (Wildman–Crippen MR) is 47.8 cm³/mol. The van der Waals surface area contributed by atoms with Gasteiger partial charge in [0.25, 0.3) is 0 Å². The van der Waals surface area contributed by atoms with Crippen molar-refractivity contribution in [3.63, 3.8) is 0 Å². The summed E-state index contributed by atoms with van der Waals surface area (Å²) in [4.78, 5) is 10.7. The normalized spacial score (nSPS) is 13.1. The van der Waals surface area contributed by atoms with Gasteiger partial charge in [-0.15, -0.1) is 0 Å². The lowest BCUT2D eigenvalue weighted by atomic mass is 10.1. The Bertz CT molecular complexity index is 322. The third kappa shape index (κ3) is 3.01. The third-order valence-corrected chi connectivity index (χ3v) is 1.89. The largest absolute Gasteiger partial charge is 0.519 e. The van der Waals surface area contributed by atoms with E-state index in [1.807, 2.05) is 0 Å². The molecule has 0 aliphatic carbocycles. The first-order chi connectivity index (χ1) is 6.63. The molecule has 1 aromatic heterocycles. The van der Waals surface area contributed by atoms with Crippen molar-refractivity contribution >= 4 is 0 Å². The van der Waals surface area contributed by atoms with Crippen LogP contribution in [0.15, 0.2) is 13.6 Å². The van der Waals surface area contributed by atoms with Crippen LogP contribution in [0.4, 0.5) is 0 Å². The molecule has 80 valence electrons. The van der Waals surface area contributed by atoms with Crippen LogP contribution in [0.3, 0.4) is 0 Å². The Morgan fingerprint density at radius 2 is 2.00 bits per heavy atom. The third-order valence-electron chi connectivity index (χ3n) is 1.89. The van der Waals surface area contributed by atoms with E-state index in [9.17, 15) is 4.79 Å². The summed E-state index contributed by atoms with van der Waals surface area (Å²) in [5, 5.41) is 17.8. The molecule has 1 atom stereocenters. The standard InChI is InChI=1S/C9H14O5/c1-6(11)3-2-4-7-8(5-10)14-9(12)13-7/h6,10-11H,2-5H2,1H3. The molecule has 0 aliphatic heterocycles. The zero-order chi connectivity index (χ0) is 10.6. The fourth-order valence-corrected chi connectivity index (χ4v) is 1.20. The molecular formula is C9H14O5. The summed E-state index contributed by atoms with van der Waals surface area (Å²) >= 11 is 0. The van der Waals surface area contributed by atoms with E-state index < -0.39 is 5.82 Å². The van der Waals surface area contributed by atoms with Crippen molar-refractivity contribution in [1.82, 2.24) is 0 Å². The minimum atomic E-state index is -0.791. The molecule has 0 aliphatic rings. The minimum Gasteiger partial charge on any atom is -0.396 e. The van der Waals surface area contributed by atoms with Gasteiger partial charge in [0.05, 0.1) is 6.10 Å². The highest BCUT2D eigenvalue weighted by molar-refractivity contribution is 5.01.